The lowest BCUT2D eigenvalue weighted by Gasteiger charge is -1.94. The highest BCUT2D eigenvalue weighted by Gasteiger charge is 2.11. The Hall–Kier alpha value is -1.26. The lowest BCUT2D eigenvalue weighted by molar-refractivity contribution is 0.0697. The Balaban J connectivity index is 2.76. The number of hydrogen-bond acceptors (Lipinski definition) is 3. The Morgan fingerprint density at radius 2 is 2.14 bits per heavy atom. The van der Waals surface area contributed by atoms with Gasteiger partial charge in [0.05, 0.1) is 5.56 Å². The van der Waals surface area contributed by atoms with Crippen LogP contribution in [-0.4, -0.2) is 16.2 Å². The third kappa shape index (κ3) is 1.32. The quantitative estimate of drug-likeness (QED) is 0.789. The highest BCUT2D eigenvalue weighted by atomic mass is 35.5. The highest BCUT2D eigenvalue weighted by Crippen LogP contribution is 2.40. The third-order valence-electron chi connectivity index (χ3n) is 1.86. The molecule has 0 fully saturated rings. The molecule has 0 unspecified atom stereocenters. The van der Waals surface area contributed by atoms with E-state index in [1.165, 1.54) is 12.1 Å². The molecule has 0 atom stereocenters. The monoisotopic (exact) mass is 228 g/mol. The van der Waals surface area contributed by atoms with E-state index in [2.05, 4.69) is 0 Å². The fourth-order valence-electron chi connectivity index (χ4n) is 1.19. The van der Waals surface area contributed by atoms with E-state index in [9.17, 15) is 9.90 Å². The minimum atomic E-state index is -1.01. The minimum Gasteiger partial charge on any atom is -0.498 e. The Morgan fingerprint density at radius 1 is 1.43 bits per heavy atom. The van der Waals surface area contributed by atoms with Crippen LogP contribution in [0.1, 0.15) is 10.4 Å². The summed E-state index contributed by atoms with van der Waals surface area (Å²) < 4.78 is 0.775. The second-order valence-electron chi connectivity index (χ2n) is 2.74. The van der Waals surface area contributed by atoms with Gasteiger partial charge in [0.2, 0.25) is 0 Å². The second-order valence-corrected chi connectivity index (χ2v) is 4.15. The molecule has 0 radical (unpaired) electrons. The number of aromatic carboxylic acids is 1. The molecule has 2 rings (SSSR count). The van der Waals surface area contributed by atoms with Crippen molar-refractivity contribution < 1.29 is 15.0 Å². The molecule has 0 amide bonds. The summed E-state index contributed by atoms with van der Waals surface area (Å²) in [4.78, 5) is 10.7. The molecular weight excluding hydrogens is 224 g/mol. The average molecular weight is 229 g/mol. The van der Waals surface area contributed by atoms with E-state index in [1.807, 2.05) is 0 Å². The molecule has 3 nitrogen and oxygen atoms in total. The van der Waals surface area contributed by atoms with Crippen molar-refractivity contribution in [3.05, 3.63) is 28.8 Å². The van der Waals surface area contributed by atoms with Crippen LogP contribution in [0, 0.1) is 0 Å². The molecule has 0 saturated carbocycles. The summed E-state index contributed by atoms with van der Waals surface area (Å²) in [5.74, 6) is -1.01. The smallest absolute Gasteiger partial charge is 0.335 e. The van der Waals surface area contributed by atoms with Crippen LogP contribution in [0.25, 0.3) is 10.1 Å². The van der Waals surface area contributed by atoms with Gasteiger partial charge in [0.1, 0.15) is 5.02 Å². The molecule has 0 aliphatic rings. The summed E-state index contributed by atoms with van der Waals surface area (Å²) in [6.45, 7) is 0. The number of carboxylic acid groups (broad SMARTS) is 1. The van der Waals surface area contributed by atoms with Gasteiger partial charge in [-0.25, -0.2) is 4.79 Å². The van der Waals surface area contributed by atoms with E-state index < -0.39 is 5.97 Å². The van der Waals surface area contributed by atoms with Gasteiger partial charge in [0.15, 0.2) is 5.06 Å². The maximum absolute atomic E-state index is 10.7. The summed E-state index contributed by atoms with van der Waals surface area (Å²) in [6, 6.07) is 4.57. The van der Waals surface area contributed by atoms with Crippen LogP contribution in [0.4, 0.5) is 0 Å². The van der Waals surface area contributed by atoms with Crippen molar-refractivity contribution in [2.24, 2.45) is 0 Å². The molecule has 5 heteroatoms. The largest absolute Gasteiger partial charge is 0.498 e. The van der Waals surface area contributed by atoms with Gasteiger partial charge in [0.25, 0.3) is 0 Å². The van der Waals surface area contributed by atoms with Crippen LogP contribution in [0.3, 0.4) is 0 Å². The number of halogens is 1. The fourth-order valence-corrected chi connectivity index (χ4v) is 2.33. The van der Waals surface area contributed by atoms with Gasteiger partial charge in [-0.3, -0.25) is 0 Å². The first-order valence-corrected chi connectivity index (χ1v) is 4.93. The maximum atomic E-state index is 10.7. The number of rotatable bonds is 1. The van der Waals surface area contributed by atoms with Crippen molar-refractivity contribution in [3.8, 4) is 5.06 Å². The zero-order chi connectivity index (χ0) is 10.3. The molecule has 0 saturated heterocycles. The molecule has 0 aliphatic heterocycles. The van der Waals surface area contributed by atoms with E-state index >= 15 is 0 Å². The van der Waals surface area contributed by atoms with E-state index in [0.29, 0.717) is 5.39 Å². The van der Waals surface area contributed by atoms with Gasteiger partial charge < -0.3 is 10.2 Å². The number of hydrogen-bond donors (Lipinski definition) is 2. The van der Waals surface area contributed by atoms with Gasteiger partial charge in [0, 0.05) is 10.1 Å². The minimum absolute atomic E-state index is 0.0178. The van der Waals surface area contributed by atoms with Crippen molar-refractivity contribution in [1.82, 2.24) is 0 Å². The standard InChI is InChI=1S/C9H5ClO3S/c10-7-5-3-4(8(11)12)1-2-6(5)14-9(7)13/h1-3,13H,(H,11,12). The summed E-state index contributed by atoms with van der Waals surface area (Å²) in [7, 11) is 0. The van der Waals surface area contributed by atoms with Crippen molar-refractivity contribution in [1.29, 1.82) is 0 Å². The predicted molar refractivity (Wildman–Crippen MR) is 55.5 cm³/mol. The number of carbonyl (C=O) groups is 1. The normalized spacial score (nSPS) is 10.6. The van der Waals surface area contributed by atoms with Crippen LogP contribution in [0.15, 0.2) is 18.2 Å². The topological polar surface area (TPSA) is 57.5 Å². The maximum Gasteiger partial charge on any atom is 0.335 e. The van der Waals surface area contributed by atoms with Gasteiger partial charge in [-0.05, 0) is 18.2 Å². The third-order valence-corrected chi connectivity index (χ3v) is 3.33. The Labute approximate surface area is 88.2 Å². The molecule has 2 aromatic rings. The van der Waals surface area contributed by atoms with Crippen molar-refractivity contribution in [2.45, 2.75) is 0 Å². The first kappa shape index (κ1) is 9.30. The van der Waals surface area contributed by atoms with E-state index in [-0.39, 0.29) is 15.6 Å². The molecule has 14 heavy (non-hydrogen) atoms. The Bertz CT molecular complexity index is 518. The number of aromatic hydroxyl groups is 1. The predicted octanol–water partition coefficient (Wildman–Crippen LogP) is 2.96. The molecular formula is C9H5ClO3S. The van der Waals surface area contributed by atoms with Gasteiger partial charge >= 0.3 is 5.97 Å². The van der Waals surface area contributed by atoms with Crippen molar-refractivity contribution >= 4 is 39.0 Å². The first-order chi connectivity index (χ1) is 6.59. The van der Waals surface area contributed by atoms with Crippen LogP contribution in [0.5, 0.6) is 5.06 Å². The lowest BCUT2D eigenvalue weighted by Crippen LogP contribution is -1.94. The average Bonchev–Trinajstić information content (AvgIpc) is 2.43. The summed E-state index contributed by atoms with van der Waals surface area (Å²) in [6.07, 6.45) is 0. The van der Waals surface area contributed by atoms with Crippen LogP contribution >= 0.6 is 22.9 Å². The van der Waals surface area contributed by atoms with Gasteiger partial charge in [-0.1, -0.05) is 22.9 Å². The molecule has 72 valence electrons. The Kier molecular flexibility index (Phi) is 2.09. The van der Waals surface area contributed by atoms with E-state index in [0.717, 1.165) is 16.0 Å². The van der Waals surface area contributed by atoms with Gasteiger partial charge in [-0.2, -0.15) is 0 Å². The number of thiophene rings is 1. The molecule has 0 bridgehead atoms. The Morgan fingerprint density at radius 3 is 2.79 bits per heavy atom. The number of carboxylic acids is 1. The zero-order valence-corrected chi connectivity index (χ0v) is 8.39. The molecule has 1 heterocycles. The summed E-state index contributed by atoms with van der Waals surface area (Å²) in [5, 5.41) is 18.9. The first-order valence-electron chi connectivity index (χ1n) is 3.74. The van der Waals surface area contributed by atoms with E-state index in [1.54, 1.807) is 6.07 Å². The zero-order valence-electron chi connectivity index (χ0n) is 6.82. The molecule has 0 spiro atoms. The van der Waals surface area contributed by atoms with Crippen molar-refractivity contribution in [3.63, 3.8) is 0 Å². The van der Waals surface area contributed by atoms with Crippen LogP contribution < -0.4 is 0 Å². The fraction of sp³-hybridized carbons (Fsp3) is 0. The number of benzene rings is 1. The van der Waals surface area contributed by atoms with E-state index in [4.69, 9.17) is 16.7 Å². The number of fused-ring (bicyclic) bond motifs is 1. The molecule has 1 aromatic heterocycles. The summed E-state index contributed by atoms with van der Waals surface area (Å²) in [5.41, 5.74) is 0.164. The second kappa shape index (κ2) is 3.15. The van der Waals surface area contributed by atoms with Gasteiger partial charge in [-0.15, -0.1) is 0 Å². The van der Waals surface area contributed by atoms with Crippen LogP contribution in [-0.2, 0) is 0 Å². The highest BCUT2D eigenvalue weighted by molar-refractivity contribution is 7.21. The van der Waals surface area contributed by atoms with Crippen molar-refractivity contribution in [2.75, 3.05) is 0 Å². The van der Waals surface area contributed by atoms with Crippen LogP contribution in [0.2, 0.25) is 5.02 Å². The molecule has 1 aromatic carbocycles. The molecule has 0 aliphatic carbocycles. The SMILES string of the molecule is O=C(O)c1ccc2sc(O)c(Cl)c2c1. The summed E-state index contributed by atoms with van der Waals surface area (Å²) >= 11 is 6.92. The lowest BCUT2D eigenvalue weighted by atomic mass is 10.2. The molecule has 2 N–H and O–H groups in total.